The van der Waals surface area contributed by atoms with E-state index in [2.05, 4.69) is 32.9 Å². The molecule has 2 rings (SSSR count). The third kappa shape index (κ3) is 7.78. The van der Waals surface area contributed by atoms with Gasteiger partial charge in [0.15, 0.2) is 5.96 Å². The van der Waals surface area contributed by atoms with Gasteiger partial charge in [0, 0.05) is 43.9 Å². The molecule has 0 atom stereocenters. The number of hydrogen-bond acceptors (Lipinski definition) is 4. The van der Waals surface area contributed by atoms with Gasteiger partial charge < -0.3 is 16.0 Å². The first kappa shape index (κ1) is 20.9. The van der Waals surface area contributed by atoms with Crippen LogP contribution in [-0.4, -0.2) is 36.5 Å². The van der Waals surface area contributed by atoms with Crippen LogP contribution in [0.2, 0.25) is 0 Å². The van der Waals surface area contributed by atoms with Crippen LogP contribution < -0.4 is 16.0 Å². The van der Waals surface area contributed by atoms with Gasteiger partial charge in [0.25, 0.3) is 0 Å². The zero-order chi connectivity index (χ0) is 19.5. The van der Waals surface area contributed by atoms with Gasteiger partial charge in [-0.15, -0.1) is 11.3 Å². The van der Waals surface area contributed by atoms with Crippen molar-refractivity contribution in [1.82, 2.24) is 20.9 Å². The topological polar surface area (TPSA) is 78.4 Å². The van der Waals surface area contributed by atoms with Crippen LogP contribution in [0.25, 0.3) is 0 Å². The molecule has 7 heteroatoms. The number of aliphatic imine (C=N–C) groups is 1. The standard InChI is InChI=1S/C20H29N5OS/c1-4-21-20(23-13-11-19-25-15(2)16(3)27-19)22-12-10-18(26)24-14-17-8-6-5-7-9-17/h5-9H,4,10-14H2,1-3H3,(H,24,26)(H2,21,22,23). The van der Waals surface area contributed by atoms with Crippen molar-refractivity contribution in [3.63, 3.8) is 0 Å². The molecule has 0 aliphatic rings. The Morgan fingerprint density at radius 1 is 1.15 bits per heavy atom. The quantitative estimate of drug-likeness (QED) is 0.456. The summed E-state index contributed by atoms with van der Waals surface area (Å²) in [6, 6.07) is 9.90. The molecule has 27 heavy (non-hydrogen) atoms. The highest BCUT2D eigenvalue weighted by molar-refractivity contribution is 7.11. The van der Waals surface area contributed by atoms with Crippen molar-refractivity contribution in [1.29, 1.82) is 0 Å². The summed E-state index contributed by atoms with van der Waals surface area (Å²) in [5.41, 5.74) is 2.20. The SMILES string of the molecule is CCNC(=NCCc1nc(C)c(C)s1)NCCC(=O)NCc1ccccc1. The number of aryl methyl sites for hydroxylation is 2. The summed E-state index contributed by atoms with van der Waals surface area (Å²) < 4.78 is 0. The van der Waals surface area contributed by atoms with Crippen LogP contribution in [0.4, 0.5) is 0 Å². The maximum absolute atomic E-state index is 12.0. The van der Waals surface area contributed by atoms with E-state index in [0.29, 0.717) is 26.1 Å². The summed E-state index contributed by atoms with van der Waals surface area (Å²) in [4.78, 5) is 22.3. The second-order valence-electron chi connectivity index (χ2n) is 6.20. The van der Waals surface area contributed by atoms with Crippen molar-refractivity contribution in [2.75, 3.05) is 19.6 Å². The van der Waals surface area contributed by atoms with Crippen LogP contribution in [0.3, 0.4) is 0 Å². The first-order valence-corrected chi connectivity index (χ1v) is 10.2. The zero-order valence-corrected chi connectivity index (χ0v) is 17.2. The molecule has 146 valence electrons. The molecule has 0 bridgehead atoms. The molecule has 0 radical (unpaired) electrons. The molecule has 0 aliphatic heterocycles. The van der Waals surface area contributed by atoms with Crippen molar-refractivity contribution in [2.45, 2.75) is 40.2 Å². The van der Waals surface area contributed by atoms with E-state index in [1.54, 1.807) is 11.3 Å². The molecule has 1 aromatic heterocycles. The van der Waals surface area contributed by atoms with E-state index in [1.165, 1.54) is 4.88 Å². The Labute approximate surface area is 165 Å². The molecular weight excluding hydrogens is 358 g/mol. The molecule has 0 saturated heterocycles. The average molecular weight is 388 g/mol. The van der Waals surface area contributed by atoms with Gasteiger partial charge >= 0.3 is 0 Å². The smallest absolute Gasteiger partial charge is 0.222 e. The van der Waals surface area contributed by atoms with Gasteiger partial charge in [0.05, 0.1) is 10.7 Å². The molecule has 1 heterocycles. The highest BCUT2D eigenvalue weighted by Crippen LogP contribution is 2.16. The summed E-state index contributed by atoms with van der Waals surface area (Å²) in [5.74, 6) is 0.759. The lowest BCUT2D eigenvalue weighted by atomic mass is 10.2. The third-order valence-corrected chi connectivity index (χ3v) is 5.12. The molecule has 2 aromatic rings. The Morgan fingerprint density at radius 2 is 1.93 bits per heavy atom. The lowest BCUT2D eigenvalue weighted by molar-refractivity contribution is -0.121. The number of nitrogens with one attached hydrogen (secondary N) is 3. The molecule has 1 amide bonds. The number of amides is 1. The van der Waals surface area contributed by atoms with Gasteiger partial charge in [0.1, 0.15) is 0 Å². The summed E-state index contributed by atoms with van der Waals surface area (Å²) in [5, 5.41) is 10.5. The second-order valence-corrected chi connectivity index (χ2v) is 7.49. The van der Waals surface area contributed by atoms with Crippen LogP contribution in [0.15, 0.2) is 35.3 Å². The molecular formula is C20H29N5OS. The van der Waals surface area contributed by atoms with E-state index in [9.17, 15) is 4.79 Å². The fourth-order valence-corrected chi connectivity index (χ4v) is 3.35. The van der Waals surface area contributed by atoms with Crippen molar-refractivity contribution >= 4 is 23.2 Å². The Hall–Kier alpha value is -2.41. The maximum Gasteiger partial charge on any atom is 0.222 e. The second kappa shape index (κ2) is 11.3. The Bertz CT molecular complexity index is 723. The van der Waals surface area contributed by atoms with Crippen molar-refractivity contribution in [3.8, 4) is 0 Å². The minimum Gasteiger partial charge on any atom is -0.357 e. The van der Waals surface area contributed by atoms with E-state index in [-0.39, 0.29) is 5.91 Å². The zero-order valence-electron chi connectivity index (χ0n) is 16.3. The number of hydrogen-bond donors (Lipinski definition) is 3. The summed E-state index contributed by atoms with van der Waals surface area (Å²) in [6.07, 6.45) is 1.23. The van der Waals surface area contributed by atoms with Gasteiger partial charge in [-0.2, -0.15) is 0 Å². The van der Waals surface area contributed by atoms with E-state index >= 15 is 0 Å². The van der Waals surface area contributed by atoms with Crippen LogP contribution in [0.1, 0.15) is 34.5 Å². The van der Waals surface area contributed by atoms with Crippen LogP contribution in [-0.2, 0) is 17.8 Å². The minimum absolute atomic E-state index is 0.0240. The van der Waals surface area contributed by atoms with Gasteiger partial charge in [-0.25, -0.2) is 4.98 Å². The number of thiazole rings is 1. The molecule has 3 N–H and O–H groups in total. The average Bonchev–Trinajstić information content (AvgIpc) is 2.98. The minimum atomic E-state index is 0.0240. The fraction of sp³-hybridized carbons (Fsp3) is 0.450. The number of rotatable bonds is 9. The molecule has 1 aromatic carbocycles. The van der Waals surface area contributed by atoms with Crippen molar-refractivity contribution < 1.29 is 4.79 Å². The highest BCUT2D eigenvalue weighted by atomic mass is 32.1. The summed E-state index contributed by atoms with van der Waals surface area (Å²) in [6.45, 7) is 8.70. The van der Waals surface area contributed by atoms with E-state index < -0.39 is 0 Å². The van der Waals surface area contributed by atoms with Crippen LogP contribution in [0.5, 0.6) is 0 Å². The Balaban J connectivity index is 1.70. The third-order valence-electron chi connectivity index (χ3n) is 3.99. The molecule has 0 aliphatic carbocycles. The summed E-state index contributed by atoms with van der Waals surface area (Å²) in [7, 11) is 0. The van der Waals surface area contributed by atoms with Gasteiger partial charge in [-0.05, 0) is 26.3 Å². The molecule has 6 nitrogen and oxygen atoms in total. The molecule has 0 fully saturated rings. The van der Waals surface area contributed by atoms with E-state index in [4.69, 9.17) is 0 Å². The van der Waals surface area contributed by atoms with E-state index in [0.717, 1.165) is 35.2 Å². The van der Waals surface area contributed by atoms with E-state index in [1.807, 2.05) is 44.2 Å². The van der Waals surface area contributed by atoms with Gasteiger partial charge in [-0.1, -0.05) is 30.3 Å². The van der Waals surface area contributed by atoms with Crippen molar-refractivity contribution in [2.24, 2.45) is 4.99 Å². The maximum atomic E-state index is 12.0. The number of nitrogens with zero attached hydrogens (tertiary/aromatic N) is 2. The van der Waals surface area contributed by atoms with Crippen LogP contribution in [0, 0.1) is 13.8 Å². The Kier molecular flexibility index (Phi) is 8.77. The fourth-order valence-electron chi connectivity index (χ4n) is 2.43. The molecule has 0 unspecified atom stereocenters. The largest absolute Gasteiger partial charge is 0.357 e. The number of carbonyl (C=O) groups excluding carboxylic acids is 1. The first-order valence-electron chi connectivity index (χ1n) is 9.34. The predicted octanol–water partition coefficient (Wildman–Crippen LogP) is 2.56. The summed E-state index contributed by atoms with van der Waals surface area (Å²) >= 11 is 1.73. The van der Waals surface area contributed by atoms with Crippen molar-refractivity contribution in [3.05, 3.63) is 51.5 Å². The monoisotopic (exact) mass is 387 g/mol. The van der Waals surface area contributed by atoms with Crippen LogP contribution >= 0.6 is 11.3 Å². The number of guanidine groups is 1. The lowest BCUT2D eigenvalue weighted by Gasteiger charge is -2.11. The number of benzene rings is 1. The first-order chi connectivity index (χ1) is 13.1. The normalized spacial score (nSPS) is 11.3. The van der Waals surface area contributed by atoms with Gasteiger partial charge in [0.2, 0.25) is 5.91 Å². The van der Waals surface area contributed by atoms with Gasteiger partial charge in [-0.3, -0.25) is 9.79 Å². The number of aromatic nitrogens is 1. The Morgan fingerprint density at radius 3 is 2.59 bits per heavy atom. The number of carbonyl (C=O) groups is 1. The highest BCUT2D eigenvalue weighted by Gasteiger charge is 2.05. The molecule has 0 saturated carbocycles. The lowest BCUT2D eigenvalue weighted by Crippen LogP contribution is -2.39. The molecule has 0 spiro atoms. The predicted molar refractivity (Wildman–Crippen MR) is 112 cm³/mol.